The monoisotopic (exact) mass is 287 g/mol. The molecule has 0 aliphatic carbocycles. The van der Waals surface area contributed by atoms with Crippen LogP contribution in [0, 0.1) is 0 Å². The molecule has 0 bridgehead atoms. The molecule has 2 heterocycles. The van der Waals surface area contributed by atoms with Crippen molar-refractivity contribution in [3.8, 4) is 5.69 Å². The minimum atomic E-state index is -0.0218. The fourth-order valence-corrected chi connectivity index (χ4v) is 2.23. The number of anilines is 1. The number of nitrogens with zero attached hydrogens (tertiary/aromatic N) is 3. The number of nitrogens with one attached hydrogen (secondary N) is 2. The van der Waals surface area contributed by atoms with Gasteiger partial charge in [-0.2, -0.15) is 5.10 Å². The molecule has 1 atom stereocenters. The summed E-state index contributed by atoms with van der Waals surface area (Å²) < 4.78 is 6.99. The Bertz CT molecular complexity index is 576. The topological polar surface area (TPSA) is 81.1 Å². The summed E-state index contributed by atoms with van der Waals surface area (Å²) in [6, 6.07) is 7.55. The van der Waals surface area contributed by atoms with Crippen molar-refractivity contribution >= 4 is 11.6 Å². The minimum Gasteiger partial charge on any atom is -0.378 e. The lowest BCUT2D eigenvalue weighted by molar-refractivity contribution is -0.117. The van der Waals surface area contributed by atoms with E-state index >= 15 is 0 Å². The van der Waals surface area contributed by atoms with Gasteiger partial charge >= 0.3 is 0 Å². The van der Waals surface area contributed by atoms with Gasteiger partial charge in [0.25, 0.3) is 0 Å². The third kappa shape index (κ3) is 3.65. The molecule has 1 amide bonds. The Balaban J connectivity index is 1.56. The highest BCUT2D eigenvalue weighted by Gasteiger charge is 2.16. The molecule has 0 radical (unpaired) electrons. The molecular formula is C14H17N5O2. The Morgan fingerprint density at radius 2 is 2.29 bits per heavy atom. The lowest BCUT2D eigenvalue weighted by atomic mass is 10.2. The first-order chi connectivity index (χ1) is 10.3. The van der Waals surface area contributed by atoms with Crippen LogP contribution in [-0.4, -0.2) is 46.5 Å². The van der Waals surface area contributed by atoms with Crippen LogP contribution in [0.15, 0.2) is 36.9 Å². The van der Waals surface area contributed by atoms with Gasteiger partial charge in [-0.25, -0.2) is 9.67 Å². The molecule has 1 fully saturated rings. The van der Waals surface area contributed by atoms with E-state index in [0.717, 1.165) is 17.9 Å². The highest BCUT2D eigenvalue weighted by Crippen LogP contribution is 2.13. The zero-order valence-electron chi connectivity index (χ0n) is 11.5. The summed E-state index contributed by atoms with van der Waals surface area (Å²) in [6.45, 7) is 2.09. The number of carbonyl (C=O) groups is 1. The van der Waals surface area contributed by atoms with Crippen molar-refractivity contribution in [3.05, 3.63) is 36.9 Å². The molecule has 110 valence electrons. The van der Waals surface area contributed by atoms with E-state index in [-0.39, 0.29) is 11.9 Å². The maximum absolute atomic E-state index is 12.0. The van der Waals surface area contributed by atoms with E-state index < -0.39 is 0 Å². The van der Waals surface area contributed by atoms with Crippen molar-refractivity contribution in [2.75, 3.05) is 25.1 Å². The second-order valence-corrected chi connectivity index (χ2v) is 4.87. The van der Waals surface area contributed by atoms with Crippen molar-refractivity contribution < 1.29 is 9.53 Å². The first kappa shape index (κ1) is 13.7. The zero-order chi connectivity index (χ0) is 14.5. The molecule has 2 N–H and O–H groups in total. The summed E-state index contributed by atoms with van der Waals surface area (Å²) in [5, 5.41) is 10.2. The predicted molar refractivity (Wildman–Crippen MR) is 77.2 cm³/mol. The van der Waals surface area contributed by atoms with Crippen LogP contribution < -0.4 is 10.6 Å². The van der Waals surface area contributed by atoms with Gasteiger partial charge in [0.2, 0.25) is 5.91 Å². The molecule has 1 aliphatic heterocycles. The summed E-state index contributed by atoms with van der Waals surface area (Å²) in [5.74, 6) is -0.0218. The largest absolute Gasteiger partial charge is 0.378 e. The molecule has 1 aromatic carbocycles. The fourth-order valence-electron chi connectivity index (χ4n) is 2.23. The van der Waals surface area contributed by atoms with Gasteiger partial charge in [0.15, 0.2) is 0 Å². The van der Waals surface area contributed by atoms with E-state index in [1.165, 1.54) is 6.33 Å². The van der Waals surface area contributed by atoms with Crippen LogP contribution in [0.2, 0.25) is 0 Å². The van der Waals surface area contributed by atoms with Crippen LogP contribution in [0.4, 0.5) is 5.69 Å². The van der Waals surface area contributed by atoms with Gasteiger partial charge in [-0.15, -0.1) is 0 Å². The van der Waals surface area contributed by atoms with Crippen LogP contribution in [0.25, 0.3) is 5.69 Å². The SMILES string of the molecule is O=C(CC1COCCN1)Nc1ccc(-n2cncn2)cc1. The van der Waals surface area contributed by atoms with Crippen molar-refractivity contribution in [2.24, 2.45) is 0 Å². The fraction of sp³-hybridized carbons (Fsp3) is 0.357. The summed E-state index contributed by atoms with van der Waals surface area (Å²) >= 11 is 0. The third-order valence-corrected chi connectivity index (χ3v) is 3.26. The molecule has 0 saturated carbocycles. The number of amides is 1. The Labute approximate surface area is 122 Å². The molecule has 2 aromatic rings. The number of carbonyl (C=O) groups excluding carboxylic acids is 1. The number of hydrogen-bond acceptors (Lipinski definition) is 5. The Hall–Kier alpha value is -2.25. The van der Waals surface area contributed by atoms with Crippen molar-refractivity contribution in [1.82, 2.24) is 20.1 Å². The molecule has 1 aliphatic rings. The van der Waals surface area contributed by atoms with E-state index in [9.17, 15) is 4.79 Å². The van der Waals surface area contributed by atoms with E-state index in [0.29, 0.717) is 19.6 Å². The van der Waals surface area contributed by atoms with Crippen LogP contribution in [-0.2, 0) is 9.53 Å². The average molecular weight is 287 g/mol. The summed E-state index contributed by atoms with van der Waals surface area (Å²) in [6.07, 6.45) is 3.52. The van der Waals surface area contributed by atoms with Gasteiger partial charge in [0.05, 0.1) is 18.9 Å². The second-order valence-electron chi connectivity index (χ2n) is 4.87. The first-order valence-corrected chi connectivity index (χ1v) is 6.87. The molecule has 1 aromatic heterocycles. The number of aromatic nitrogens is 3. The van der Waals surface area contributed by atoms with Crippen molar-refractivity contribution in [1.29, 1.82) is 0 Å². The van der Waals surface area contributed by atoms with Gasteiger partial charge in [-0.05, 0) is 24.3 Å². The molecule has 0 spiro atoms. The number of ether oxygens (including phenoxy) is 1. The van der Waals surface area contributed by atoms with Gasteiger partial charge < -0.3 is 15.4 Å². The van der Waals surface area contributed by atoms with Crippen LogP contribution in [0.5, 0.6) is 0 Å². The first-order valence-electron chi connectivity index (χ1n) is 6.87. The highest BCUT2D eigenvalue weighted by molar-refractivity contribution is 5.91. The lowest BCUT2D eigenvalue weighted by Gasteiger charge is -2.23. The quantitative estimate of drug-likeness (QED) is 0.860. The molecule has 21 heavy (non-hydrogen) atoms. The minimum absolute atomic E-state index is 0.0218. The van der Waals surface area contributed by atoms with E-state index in [2.05, 4.69) is 20.7 Å². The number of rotatable bonds is 4. The van der Waals surface area contributed by atoms with Gasteiger partial charge in [0, 0.05) is 24.7 Å². The van der Waals surface area contributed by atoms with E-state index in [1.807, 2.05) is 24.3 Å². The lowest BCUT2D eigenvalue weighted by Crippen LogP contribution is -2.43. The Morgan fingerprint density at radius 1 is 1.43 bits per heavy atom. The van der Waals surface area contributed by atoms with Crippen LogP contribution >= 0.6 is 0 Å². The maximum atomic E-state index is 12.0. The van der Waals surface area contributed by atoms with Crippen LogP contribution in [0.3, 0.4) is 0 Å². The second kappa shape index (κ2) is 6.47. The highest BCUT2D eigenvalue weighted by atomic mass is 16.5. The summed E-state index contributed by atoms with van der Waals surface area (Å²) in [7, 11) is 0. The molecular weight excluding hydrogens is 270 g/mol. The Kier molecular flexibility index (Phi) is 4.23. The maximum Gasteiger partial charge on any atom is 0.226 e. The average Bonchev–Trinajstić information content (AvgIpc) is 3.03. The van der Waals surface area contributed by atoms with Gasteiger partial charge in [-0.1, -0.05) is 0 Å². The van der Waals surface area contributed by atoms with Gasteiger partial charge in [-0.3, -0.25) is 4.79 Å². The summed E-state index contributed by atoms with van der Waals surface area (Å²) in [4.78, 5) is 15.9. The van der Waals surface area contributed by atoms with Crippen LogP contribution in [0.1, 0.15) is 6.42 Å². The molecule has 1 saturated heterocycles. The molecule has 3 rings (SSSR count). The predicted octanol–water partition coefficient (Wildman–Crippen LogP) is 0.584. The zero-order valence-corrected chi connectivity index (χ0v) is 11.5. The molecule has 7 heteroatoms. The number of morpholine rings is 1. The standard InChI is InChI=1S/C14H17N5O2/c20-14(7-12-8-21-6-5-16-12)18-11-1-3-13(4-2-11)19-10-15-9-17-19/h1-4,9-10,12,16H,5-8H2,(H,18,20). The van der Waals surface area contributed by atoms with E-state index in [1.54, 1.807) is 11.0 Å². The smallest absolute Gasteiger partial charge is 0.226 e. The van der Waals surface area contributed by atoms with E-state index in [4.69, 9.17) is 4.74 Å². The number of benzene rings is 1. The molecule has 1 unspecified atom stereocenters. The number of hydrogen-bond donors (Lipinski definition) is 2. The normalized spacial score (nSPS) is 18.4. The Morgan fingerprint density at radius 3 is 2.95 bits per heavy atom. The van der Waals surface area contributed by atoms with Gasteiger partial charge in [0.1, 0.15) is 12.7 Å². The van der Waals surface area contributed by atoms with Crippen molar-refractivity contribution in [2.45, 2.75) is 12.5 Å². The summed E-state index contributed by atoms with van der Waals surface area (Å²) in [5.41, 5.74) is 1.66. The molecule has 7 nitrogen and oxygen atoms in total. The third-order valence-electron chi connectivity index (χ3n) is 3.26. The van der Waals surface area contributed by atoms with Crippen molar-refractivity contribution in [3.63, 3.8) is 0 Å².